The average Bonchev–Trinajstić information content (AvgIpc) is 3.11. The molecule has 0 aliphatic carbocycles. The topological polar surface area (TPSA) is 98.0 Å². The maximum absolute atomic E-state index is 12.4. The number of fused-ring (bicyclic) bond motifs is 1. The number of benzene rings is 1. The summed E-state index contributed by atoms with van der Waals surface area (Å²) in [5, 5.41) is 21.1. The van der Waals surface area contributed by atoms with Gasteiger partial charge < -0.3 is 19.7 Å². The maximum Gasteiger partial charge on any atom is 0.359 e. The van der Waals surface area contributed by atoms with E-state index < -0.39 is 23.4 Å². The molecule has 0 aliphatic heterocycles. The Kier molecular flexibility index (Phi) is 4.85. The lowest BCUT2D eigenvalue weighted by Crippen LogP contribution is -2.11. The third-order valence-electron chi connectivity index (χ3n) is 3.70. The van der Waals surface area contributed by atoms with E-state index in [4.69, 9.17) is 9.47 Å². The van der Waals surface area contributed by atoms with Crippen LogP contribution in [0.25, 0.3) is 15.9 Å². The molecule has 0 bridgehead atoms. The van der Waals surface area contributed by atoms with Gasteiger partial charge in [0.15, 0.2) is 22.1 Å². The maximum atomic E-state index is 12.4. The number of rotatable bonds is 5. The summed E-state index contributed by atoms with van der Waals surface area (Å²) in [5.41, 5.74) is 0.475. The standard InChI is InChI=1S/C18H17NO6S/c1-3-24-17(22)12-13(20)11-14(21)15(18(23)25-4-2)26-16(11)19(12)10-8-6-5-7-9-10/h5-9,20-21H,3-4H2,1-2H3. The van der Waals surface area contributed by atoms with E-state index in [-0.39, 0.29) is 29.2 Å². The van der Waals surface area contributed by atoms with Gasteiger partial charge in [-0.3, -0.25) is 4.57 Å². The number of thiophene rings is 1. The second-order valence-corrected chi connectivity index (χ2v) is 6.27. The van der Waals surface area contributed by atoms with Gasteiger partial charge in [0.25, 0.3) is 0 Å². The number of aromatic hydroxyl groups is 2. The van der Waals surface area contributed by atoms with Crippen molar-refractivity contribution in [2.75, 3.05) is 13.2 Å². The van der Waals surface area contributed by atoms with Gasteiger partial charge in [-0.25, -0.2) is 9.59 Å². The summed E-state index contributed by atoms with van der Waals surface area (Å²) >= 11 is 0.935. The van der Waals surface area contributed by atoms with Crippen molar-refractivity contribution in [2.45, 2.75) is 13.8 Å². The number of ether oxygens (including phenoxy) is 2. The fourth-order valence-electron chi connectivity index (χ4n) is 2.65. The molecule has 0 amide bonds. The molecule has 0 atom stereocenters. The van der Waals surface area contributed by atoms with Gasteiger partial charge in [0.2, 0.25) is 0 Å². The van der Waals surface area contributed by atoms with Crippen LogP contribution in [0.1, 0.15) is 34.0 Å². The molecule has 136 valence electrons. The quantitative estimate of drug-likeness (QED) is 0.663. The molecule has 0 saturated heterocycles. The zero-order chi connectivity index (χ0) is 18.8. The highest BCUT2D eigenvalue weighted by Crippen LogP contribution is 2.47. The summed E-state index contributed by atoms with van der Waals surface area (Å²) in [7, 11) is 0. The number of nitrogens with zero attached hydrogens (tertiary/aromatic N) is 1. The first kappa shape index (κ1) is 17.8. The predicted molar refractivity (Wildman–Crippen MR) is 96.4 cm³/mol. The summed E-state index contributed by atoms with van der Waals surface area (Å²) in [6, 6.07) is 8.83. The molecule has 2 N–H and O–H groups in total. The molecule has 1 aromatic carbocycles. The molecule has 0 unspecified atom stereocenters. The molecule has 0 saturated carbocycles. The monoisotopic (exact) mass is 375 g/mol. The van der Waals surface area contributed by atoms with Crippen molar-refractivity contribution in [3.05, 3.63) is 40.9 Å². The molecule has 0 fully saturated rings. The van der Waals surface area contributed by atoms with Crippen LogP contribution in [0, 0.1) is 0 Å². The predicted octanol–water partition coefficient (Wildman–Crippen LogP) is 3.46. The molecule has 0 aliphatic rings. The molecule has 3 rings (SSSR count). The van der Waals surface area contributed by atoms with Crippen LogP contribution in [0.4, 0.5) is 0 Å². The Morgan fingerprint density at radius 3 is 2.23 bits per heavy atom. The molecule has 0 spiro atoms. The van der Waals surface area contributed by atoms with Crippen LogP contribution in [-0.4, -0.2) is 39.9 Å². The van der Waals surface area contributed by atoms with Gasteiger partial charge in [0, 0.05) is 5.69 Å². The Morgan fingerprint density at radius 2 is 1.62 bits per heavy atom. The summed E-state index contributed by atoms with van der Waals surface area (Å²) in [6.45, 7) is 3.59. The highest BCUT2D eigenvalue weighted by molar-refractivity contribution is 7.21. The van der Waals surface area contributed by atoms with Gasteiger partial charge in [0.05, 0.1) is 18.6 Å². The zero-order valence-corrected chi connectivity index (χ0v) is 15.0. The minimum atomic E-state index is -0.727. The molecule has 0 radical (unpaired) electrons. The van der Waals surface area contributed by atoms with Crippen molar-refractivity contribution in [1.82, 2.24) is 4.57 Å². The van der Waals surface area contributed by atoms with Crippen molar-refractivity contribution in [1.29, 1.82) is 0 Å². The van der Waals surface area contributed by atoms with E-state index in [2.05, 4.69) is 0 Å². The number of hydrogen-bond acceptors (Lipinski definition) is 7. The minimum Gasteiger partial charge on any atom is -0.505 e. The van der Waals surface area contributed by atoms with Crippen LogP contribution < -0.4 is 0 Å². The normalized spacial score (nSPS) is 10.8. The van der Waals surface area contributed by atoms with E-state index in [1.807, 2.05) is 6.07 Å². The van der Waals surface area contributed by atoms with Crippen LogP contribution >= 0.6 is 11.3 Å². The van der Waals surface area contributed by atoms with Crippen LogP contribution in [0.5, 0.6) is 11.5 Å². The van der Waals surface area contributed by atoms with Gasteiger partial charge in [0.1, 0.15) is 4.83 Å². The summed E-state index contributed by atoms with van der Waals surface area (Å²) in [5.74, 6) is -2.27. The molecule has 7 nitrogen and oxygen atoms in total. The van der Waals surface area contributed by atoms with Crippen LogP contribution in [-0.2, 0) is 9.47 Å². The molecule has 8 heteroatoms. The van der Waals surface area contributed by atoms with E-state index in [0.717, 1.165) is 11.3 Å². The molecule has 2 heterocycles. The first-order chi connectivity index (χ1) is 12.5. The summed E-state index contributed by atoms with van der Waals surface area (Å²) in [4.78, 5) is 24.8. The SMILES string of the molecule is CCOC(=O)c1sc2c(c1O)c(O)c(C(=O)OCC)n2-c1ccccc1. The van der Waals surface area contributed by atoms with Gasteiger partial charge in [-0.1, -0.05) is 18.2 Å². The van der Waals surface area contributed by atoms with E-state index in [1.165, 1.54) is 4.57 Å². The lowest BCUT2D eigenvalue weighted by Gasteiger charge is -2.09. The summed E-state index contributed by atoms with van der Waals surface area (Å²) in [6.07, 6.45) is 0. The second kappa shape index (κ2) is 7.09. The Balaban J connectivity index is 2.32. The first-order valence-corrected chi connectivity index (χ1v) is 8.81. The number of carbonyl (C=O) groups is 2. The number of aromatic nitrogens is 1. The highest BCUT2D eigenvalue weighted by Gasteiger charge is 2.31. The van der Waals surface area contributed by atoms with Crippen molar-refractivity contribution >= 4 is 33.5 Å². The average molecular weight is 375 g/mol. The molecule has 26 heavy (non-hydrogen) atoms. The first-order valence-electron chi connectivity index (χ1n) is 8.00. The minimum absolute atomic E-state index is 0.0185. The molecular formula is C18H17NO6S. The Morgan fingerprint density at radius 1 is 1.00 bits per heavy atom. The van der Waals surface area contributed by atoms with Crippen molar-refractivity contribution in [3.63, 3.8) is 0 Å². The molecule has 3 aromatic rings. The number of para-hydroxylation sites is 1. The van der Waals surface area contributed by atoms with Crippen molar-refractivity contribution < 1.29 is 29.3 Å². The second-order valence-electron chi connectivity index (χ2n) is 5.27. The van der Waals surface area contributed by atoms with Crippen LogP contribution in [0.3, 0.4) is 0 Å². The Hall–Kier alpha value is -3.00. The third-order valence-corrected chi connectivity index (χ3v) is 4.84. The Bertz CT molecular complexity index is 973. The van der Waals surface area contributed by atoms with Gasteiger partial charge >= 0.3 is 11.9 Å². The smallest absolute Gasteiger partial charge is 0.359 e. The van der Waals surface area contributed by atoms with E-state index >= 15 is 0 Å². The molecule has 2 aromatic heterocycles. The number of esters is 2. The van der Waals surface area contributed by atoms with Crippen LogP contribution in [0.2, 0.25) is 0 Å². The van der Waals surface area contributed by atoms with E-state index in [0.29, 0.717) is 10.5 Å². The largest absolute Gasteiger partial charge is 0.505 e. The lowest BCUT2D eigenvalue weighted by molar-refractivity contribution is 0.0510. The Labute approximate surface area is 153 Å². The third kappa shape index (κ3) is 2.78. The summed E-state index contributed by atoms with van der Waals surface area (Å²) < 4.78 is 11.4. The van der Waals surface area contributed by atoms with Crippen molar-refractivity contribution in [3.8, 4) is 17.2 Å². The van der Waals surface area contributed by atoms with E-state index in [9.17, 15) is 19.8 Å². The van der Waals surface area contributed by atoms with Crippen LogP contribution in [0.15, 0.2) is 30.3 Å². The molecular weight excluding hydrogens is 358 g/mol. The zero-order valence-electron chi connectivity index (χ0n) is 14.2. The van der Waals surface area contributed by atoms with Crippen molar-refractivity contribution in [2.24, 2.45) is 0 Å². The lowest BCUT2D eigenvalue weighted by atomic mass is 10.2. The highest BCUT2D eigenvalue weighted by atomic mass is 32.1. The number of hydrogen-bond donors (Lipinski definition) is 2. The van der Waals surface area contributed by atoms with E-state index in [1.54, 1.807) is 38.1 Å². The number of carbonyl (C=O) groups excluding carboxylic acids is 2. The van der Waals surface area contributed by atoms with Gasteiger partial charge in [-0.15, -0.1) is 11.3 Å². The fraction of sp³-hybridized carbons (Fsp3) is 0.222. The fourth-order valence-corrected chi connectivity index (χ4v) is 3.77. The van der Waals surface area contributed by atoms with Gasteiger partial charge in [-0.2, -0.15) is 0 Å². The van der Waals surface area contributed by atoms with Gasteiger partial charge in [-0.05, 0) is 26.0 Å².